The largest absolute Gasteiger partial charge is 0.507 e. The molecule has 128 valence electrons. The van der Waals surface area contributed by atoms with Crippen LogP contribution in [0.4, 0.5) is 0 Å². The third-order valence-electron chi connectivity index (χ3n) is 4.81. The van der Waals surface area contributed by atoms with Gasteiger partial charge >= 0.3 is 0 Å². The number of hydrogen-bond donors (Lipinski definition) is 1. The molecule has 3 aromatic carbocycles. The summed E-state index contributed by atoms with van der Waals surface area (Å²) >= 11 is 0. The van der Waals surface area contributed by atoms with Crippen molar-refractivity contribution in [3.8, 4) is 28.0 Å². The minimum Gasteiger partial charge on any atom is -0.507 e. The molecule has 0 amide bonds. The van der Waals surface area contributed by atoms with E-state index in [4.69, 9.17) is 0 Å². The predicted molar refractivity (Wildman–Crippen MR) is 107 cm³/mol. The molecule has 0 atom stereocenters. The van der Waals surface area contributed by atoms with Crippen molar-refractivity contribution in [3.63, 3.8) is 0 Å². The van der Waals surface area contributed by atoms with Crippen LogP contribution in [0, 0.1) is 0 Å². The van der Waals surface area contributed by atoms with E-state index in [0.717, 1.165) is 22.3 Å². The van der Waals surface area contributed by atoms with Crippen LogP contribution < -0.4 is 0 Å². The number of hydrogen-bond acceptors (Lipinski definition) is 1. The summed E-state index contributed by atoms with van der Waals surface area (Å²) in [6, 6.07) is 22.9. The van der Waals surface area contributed by atoms with Crippen LogP contribution in [0.15, 0.2) is 66.7 Å². The smallest absolute Gasteiger partial charge is 0.131 e. The Morgan fingerprint density at radius 1 is 0.560 bits per heavy atom. The van der Waals surface area contributed by atoms with Gasteiger partial charge in [-0.15, -0.1) is 0 Å². The van der Waals surface area contributed by atoms with Gasteiger partial charge in [0.05, 0.1) is 0 Å². The van der Waals surface area contributed by atoms with Crippen molar-refractivity contribution in [2.75, 3.05) is 0 Å². The van der Waals surface area contributed by atoms with Crippen LogP contribution >= 0.6 is 0 Å². The monoisotopic (exact) mass is 330 g/mol. The van der Waals surface area contributed by atoms with E-state index in [1.165, 1.54) is 11.1 Å². The highest BCUT2D eigenvalue weighted by molar-refractivity contribution is 5.82. The fourth-order valence-corrected chi connectivity index (χ4v) is 3.10. The number of benzene rings is 3. The van der Waals surface area contributed by atoms with Crippen LogP contribution in [-0.2, 0) is 0 Å². The lowest BCUT2D eigenvalue weighted by molar-refractivity contribution is 0.479. The van der Waals surface area contributed by atoms with Gasteiger partial charge in [-0.25, -0.2) is 0 Å². The number of phenols is 1. The zero-order chi connectivity index (χ0) is 18.0. The number of aromatic hydroxyl groups is 1. The maximum Gasteiger partial charge on any atom is 0.131 e. The first-order valence-corrected chi connectivity index (χ1v) is 9.00. The Bertz CT molecular complexity index is 771. The summed E-state index contributed by atoms with van der Waals surface area (Å²) in [6.45, 7) is 8.75. The molecule has 0 aliphatic carbocycles. The molecule has 0 bridgehead atoms. The summed E-state index contributed by atoms with van der Waals surface area (Å²) in [7, 11) is 0. The van der Waals surface area contributed by atoms with Crippen molar-refractivity contribution in [1.29, 1.82) is 0 Å². The number of para-hydroxylation sites is 1. The summed E-state index contributed by atoms with van der Waals surface area (Å²) in [6.07, 6.45) is 0. The van der Waals surface area contributed by atoms with Gasteiger partial charge in [-0.3, -0.25) is 0 Å². The van der Waals surface area contributed by atoms with E-state index in [2.05, 4.69) is 76.2 Å². The van der Waals surface area contributed by atoms with Crippen molar-refractivity contribution in [2.24, 2.45) is 0 Å². The van der Waals surface area contributed by atoms with E-state index < -0.39 is 0 Å². The highest BCUT2D eigenvalue weighted by Gasteiger charge is 2.11. The lowest BCUT2D eigenvalue weighted by Gasteiger charge is -2.13. The molecular formula is C24H26O. The van der Waals surface area contributed by atoms with Crippen LogP contribution in [0.25, 0.3) is 22.3 Å². The average Bonchev–Trinajstić information content (AvgIpc) is 2.62. The fourth-order valence-electron chi connectivity index (χ4n) is 3.10. The molecule has 0 aliphatic rings. The van der Waals surface area contributed by atoms with Gasteiger partial charge in [-0.1, -0.05) is 94.4 Å². The summed E-state index contributed by atoms with van der Waals surface area (Å²) in [5, 5.41) is 10.9. The molecule has 3 rings (SSSR count). The average molecular weight is 330 g/mol. The SMILES string of the molecule is CC(C)c1ccc(-c2cccc(-c3ccc(C(C)C)cc3)c2O)cc1. The fraction of sp³-hybridized carbons (Fsp3) is 0.250. The van der Waals surface area contributed by atoms with Crippen molar-refractivity contribution < 1.29 is 5.11 Å². The summed E-state index contributed by atoms with van der Waals surface area (Å²) < 4.78 is 0. The van der Waals surface area contributed by atoms with Gasteiger partial charge < -0.3 is 5.11 Å². The minimum atomic E-state index is 0.345. The van der Waals surface area contributed by atoms with E-state index in [1.54, 1.807) is 0 Å². The highest BCUT2D eigenvalue weighted by Crippen LogP contribution is 2.38. The molecule has 0 radical (unpaired) electrons. The third-order valence-corrected chi connectivity index (χ3v) is 4.81. The van der Waals surface area contributed by atoms with Crippen LogP contribution in [0.3, 0.4) is 0 Å². The van der Waals surface area contributed by atoms with Crippen molar-refractivity contribution >= 4 is 0 Å². The molecule has 0 fully saturated rings. The molecular weight excluding hydrogens is 304 g/mol. The minimum absolute atomic E-state index is 0.345. The molecule has 1 nitrogen and oxygen atoms in total. The Labute approximate surface area is 151 Å². The first kappa shape index (κ1) is 17.3. The molecule has 0 saturated carbocycles. The van der Waals surface area contributed by atoms with Gasteiger partial charge in [0.25, 0.3) is 0 Å². The normalized spacial score (nSPS) is 11.3. The van der Waals surface area contributed by atoms with Gasteiger partial charge in [0, 0.05) is 11.1 Å². The first-order valence-electron chi connectivity index (χ1n) is 9.00. The second kappa shape index (κ2) is 7.14. The second-order valence-electron chi connectivity index (χ2n) is 7.26. The Hall–Kier alpha value is -2.54. The van der Waals surface area contributed by atoms with Gasteiger partial charge in [0.2, 0.25) is 0 Å². The van der Waals surface area contributed by atoms with Crippen molar-refractivity contribution in [2.45, 2.75) is 39.5 Å². The van der Waals surface area contributed by atoms with Crippen LogP contribution in [-0.4, -0.2) is 5.11 Å². The van der Waals surface area contributed by atoms with E-state index in [0.29, 0.717) is 17.6 Å². The summed E-state index contributed by atoms with van der Waals surface area (Å²) in [5.74, 6) is 1.36. The van der Waals surface area contributed by atoms with E-state index in [-0.39, 0.29) is 0 Å². The topological polar surface area (TPSA) is 20.2 Å². The Morgan fingerprint density at radius 3 is 1.24 bits per heavy atom. The maximum atomic E-state index is 10.9. The number of phenolic OH excluding ortho intramolecular Hbond substituents is 1. The van der Waals surface area contributed by atoms with Gasteiger partial charge in [-0.05, 0) is 34.1 Å². The number of rotatable bonds is 4. The van der Waals surface area contributed by atoms with Crippen LogP contribution in [0.5, 0.6) is 5.75 Å². The lowest BCUT2D eigenvalue weighted by atomic mass is 9.94. The second-order valence-corrected chi connectivity index (χ2v) is 7.26. The maximum absolute atomic E-state index is 10.9. The Balaban J connectivity index is 1.99. The molecule has 1 N–H and O–H groups in total. The molecule has 3 aromatic rings. The summed E-state index contributed by atoms with van der Waals surface area (Å²) in [4.78, 5) is 0. The lowest BCUT2D eigenvalue weighted by Crippen LogP contribution is -1.89. The standard InChI is InChI=1S/C24H26O/c1-16(2)18-8-12-20(13-9-18)22-6-5-7-23(24(22)25)21-14-10-19(11-15-21)17(3)4/h5-17,25H,1-4H3. The van der Waals surface area contributed by atoms with Crippen molar-refractivity contribution in [3.05, 3.63) is 77.9 Å². The van der Waals surface area contributed by atoms with Gasteiger partial charge in [0.1, 0.15) is 5.75 Å². The predicted octanol–water partition coefficient (Wildman–Crippen LogP) is 6.97. The molecule has 25 heavy (non-hydrogen) atoms. The van der Waals surface area contributed by atoms with E-state index >= 15 is 0 Å². The van der Waals surface area contributed by atoms with Gasteiger partial charge in [0.15, 0.2) is 0 Å². The molecule has 1 heteroatoms. The van der Waals surface area contributed by atoms with Crippen LogP contribution in [0.1, 0.15) is 50.7 Å². The van der Waals surface area contributed by atoms with Crippen molar-refractivity contribution in [1.82, 2.24) is 0 Å². The molecule has 0 unspecified atom stereocenters. The van der Waals surface area contributed by atoms with E-state index in [1.807, 2.05) is 18.2 Å². The molecule has 0 spiro atoms. The molecule has 0 saturated heterocycles. The Kier molecular flexibility index (Phi) is 4.94. The third kappa shape index (κ3) is 3.61. The van der Waals surface area contributed by atoms with Crippen LogP contribution in [0.2, 0.25) is 0 Å². The Morgan fingerprint density at radius 2 is 0.920 bits per heavy atom. The highest BCUT2D eigenvalue weighted by atomic mass is 16.3. The van der Waals surface area contributed by atoms with E-state index in [9.17, 15) is 5.11 Å². The first-order chi connectivity index (χ1) is 12.0. The molecule has 0 heterocycles. The zero-order valence-corrected chi connectivity index (χ0v) is 15.5. The quantitative estimate of drug-likeness (QED) is 0.547. The zero-order valence-electron chi connectivity index (χ0n) is 15.5. The molecule has 0 aromatic heterocycles. The summed E-state index contributed by atoms with van der Waals surface area (Å²) in [5.41, 5.74) is 6.46. The van der Waals surface area contributed by atoms with Gasteiger partial charge in [-0.2, -0.15) is 0 Å². The molecule has 0 aliphatic heterocycles.